The lowest BCUT2D eigenvalue weighted by atomic mass is 9.88. The number of aryl methyl sites for hydroxylation is 1. The molecule has 1 atom stereocenters. The van der Waals surface area contributed by atoms with Gasteiger partial charge in [0.15, 0.2) is 0 Å². The third-order valence-electron chi connectivity index (χ3n) is 13.1. The molecule has 6 heteroatoms. The molecule has 0 aliphatic rings. The number of ether oxygens (including phenoxy) is 3. The van der Waals surface area contributed by atoms with E-state index in [1.165, 1.54) is 121 Å². The smallest absolute Gasteiger partial charge is 0.130 e. The molecule has 6 rings (SSSR count). The molecule has 6 aromatic rings. The zero-order valence-electron chi connectivity index (χ0n) is 42.0. The van der Waals surface area contributed by atoms with E-state index in [9.17, 15) is 5.26 Å². The molecule has 67 heavy (non-hydrogen) atoms. The van der Waals surface area contributed by atoms with E-state index < -0.39 is 0 Å². The second kappa shape index (κ2) is 26.9. The second-order valence-corrected chi connectivity index (χ2v) is 19.7. The predicted octanol–water partition coefficient (Wildman–Crippen LogP) is 18.5. The Morgan fingerprint density at radius 1 is 0.642 bits per heavy atom. The number of rotatable bonds is 29. The maximum atomic E-state index is 9.69. The molecule has 0 fully saturated rings. The van der Waals surface area contributed by atoms with Gasteiger partial charge in [-0.2, -0.15) is 5.26 Å². The van der Waals surface area contributed by atoms with Crippen LogP contribution in [0.5, 0.6) is 17.2 Å². The fraction of sp³-hybridized carbons (Fsp3) is 0.459. The number of hydrogen-bond donors (Lipinski definition) is 0. The molecule has 0 spiro atoms. The minimum Gasteiger partial charge on any atom is -0.493 e. The highest BCUT2D eigenvalue weighted by atomic mass is 32.1. The number of unbranched alkanes of at least 4 members (excludes halogenated alkanes) is 10. The van der Waals surface area contributed by atoms with Gasteiger partial charge in [0.25, 0.3) is 0 Å². The van der Waals surface area contributed by atoms with E-state index in [2.05, 4.69) is 143 Å². The molecular formula is C61H78N2O3S. The van der Waals surface area contributed by atoms with Gasteiger partial charge in [0.2, 0.25) is 0 Å². The molecule has 3 aromatic carbocycles. The van der Waals surface area contributed by atoms with Crippen molar-refractivity contribution < 1.29 is 14.2 Å². The van der Waals surface area contributed by atoms with Crippen molar-refractivity contribution in [2.75, 3.05) is 19.8 Å². The van der Waals surface area contributed by atoms with Crippen molar-refractivity contribution in [1.82, 2.24) is 4.40 Å². The lowest BCUT2D eigenvalue weighted by Gasteiger charge is -2.17. The molecule has 0 N–H and O–H groups in total. The highest BCUT2D eigenvalue weighted by molar-refractivity contribution is 7.16. The molecule has 3 aromatic heterocycles. The minimum atomic E-state index is 0.548. The highest BCUT2D eigenvalue weighted by Gasteiger charge is 2.25. The van der Waals surface area contributed by atoms with Gasteiger partial charge in [0, 0.05) is 39.4 Å². The standard InChI is InChI=1S/C61H78N2O3S/c1-8-13-17-20-36-64-51-29-32-53(58(43-51)66-38-22-19-15-10-3)48-25-27-49(28-26-48)60-55(41-47(12-5)23-16-11-4)56-42-50(54-31-24-45(6)40-57(54)65-37-21-18-14-9-2)34-35-63(56)61(60)59-33-30-52(67-59)39-46(7)44-62/h24-35,39-40,42-43,47H,8-23,36-38,41H2,1-7H3/b46-39-. The molecule has 0 aliphatic heterocycles. The van der Waals surface area contributed by atoms with E-state index in [0.717, 1.165) is 84.1 Å². The highest BCUT2D eigenvalue weighted by Crippen LogP contribution is 2.46. The molecule has 0 aliphatic carbocycles. The number of allylic oxidation sites excluding steroid dienone is 1. The first-order valence-corrected chi connectivity index (χ1v) is 26.7. The van der Waals surface area contributed by atoms with Gasteiger partial charge in [-0.1, -0.05) is 154 Å². The Hall–Kier alpha value is -5.25. The van der Waals surface area contributed by atoms with Crippen molar-refractivity contribution >= 4 is 22.9 Å². The zero-order valence-corrected chi connectivity index (χ0v) is 42.8. The number of nitriles is 1. The number of hydrogen-bond acceptors (Lipinski definition) is 5. The lowest BCUT2D eigenvalue weighted by Crippen LogP contribution is -2.04. The van der Waals surface area contributed by atoms with Crippen LogP contribution >= 0.6 is 11.3 Å². The first-order valence-electron chi connectivity index (χ1n) is 25.9. The van der Waals surface area contributed by atoms with Crippen LogP contribution in [0.4, 0.5) is 0 Å². The predicted molar refractivity (Wildman–Crippen MR) is 287 cm³/mol. The monoisotopic (exact) mass is 919 g/mol. The van der Waals surface area contributed by atoms with Crippen LogP contribution in [0, 0.1) is 24.2 Å². The molecule has 0 saturated carbocycles. The Bertz CT molecular complexity index is 2520. The van der Waals surface area contributed by atoms with Crippen LogP contribution in [0.1, 0.15) is 160 Å². The van der Waals surface area contributed by atoms with Gasteiger partial charge >= 0.3 is 0 Å². The summed E-state index contributed by atoms with van der Waals surface area (Å²) in [6, 6.07) is 33.7. The summed E-state index contributed by atoms with van der Waals surface area (Å²) in [5.41, 5.74) is 12.7. The average molecular weight is 919 g/mol. The van der Waals surface area contributed by atoms with Gasteiger partial charge in [-0.05, 0) is 122 Å². The van der Waals surface area contributed by atoms with Crippen molar-refractivity contribution in [3.63, 3.8) is 0 Å². The summed E-state index contributed by atoms with van der Waals surface area (Å²) in [5.74, 6) is 3.26. The Balaban J connectivity index is 1.49. The quantitative estimate of drug-likeness (QED) is 0.0347. The summed E-state index contributed by atoms with van der Waals surface area (Å²) >= 11 is 1.75. The third-order valence-corrected chi connectivity index (χ3v) is 14.2. The van der Waals surface area contributed by atoms with Crippen LogP contribution < -0.4 is 14.2 Å². The van der Waals surface area contributed by atoms with Gasteiger partial charge in [0.1, 0.15) is 17.2 Å². The SMILES string of the molecule is CCCCCCOc1ccc(-c2ccc(-c3c(CC(CC)CCCC)c4cc(-c5ccc(C)cc5OCCCCCC)ccn4c3-c3ccc(/C=C(/C)C#N)s3)cc2)c(OCCCCCC)c1. The van der Waals surface area contributed by atoms with E-state index in [1.807, 2.05) is 13.0 Å². The van der Waals surface area contributed by atoms with Gasteiger partial charge in [0.05, 0.1) is 42.0 Å². The van der Waals surface area contributed by atoms with Crippen LogP contribution in [0.2, 0.25) is 0 Å². The summed E-state index contributed by atoms with van der Waals surface area (Å²) in [6.45, 7) is 17.6. The van der Waals surface area contributed by atoms with Crippen molar-refractivity contribution in [3.05, 3.63) is 113 Å². The summed E-state index contributed by atoms with van der Waals surface area (Å²) < 4.78 is 21.9. The van der Waals surface area contributed by atoms with E-state index in [0.29, 0.717) is 18.1 Å². The molecule has 356 valence electrons. The van der Waals surface area contributed by atoms with E-state index in [-0.39, 0.29) is 0 Å². The maximum absolute atomic E-state index is 9.69. The maximum Gasteiger partial charge on any atom is 0.130 e. The van der Waals surface area contributed by atoms with Gasteiger partial charge in [-0.3, -0.25) is 0 Å². The Morgan fingerprint density at radius 2 is 1.25 bits per heavy atom. The minimum absolute atomic E-state index is 0.548. The molecule has 0 saturated heterocycles. The zero-order chi connectivity index (χ0) is 47.4. The number of aromatic nitrogens is 1. The van der Waals surface area contributed by atoms with E-state index in [4.69, 9.17) is 14.2 Å². The fourth-order valence-electron chi connectivity index (χ4n) is 9.18. The summed E-state index contributed by atoms with van der Waals surface area (Å²) in [6.07, 6.45) is 24.0. The van der Waals surface area contributed by atoms with Crippen molar-refractivity contribution in [2.45, 2.75) is 158 Å². The van der Waals surface area contributed by atoms with Crippen LogP contribution in [0.25, 0.3) is 55.5 Å². The largest absolute Gasteiger partial charge is 0.493 e. The van der Waals surface area contributed by atoms with Crippen molar-refractivity contribution in [3.8, 4) is 67.3 Å². The first-order chi connectivity index (χ1) is 32.8. The van der Waals surface area contributed by atoms with Crippen molar-refractivity contribution in [1.29, 1.82) is 5.26 Å². The Morgan fingerprint density at radius 3 is 1.90 bits per heavy atom. The second-order valence-electron chi connectivity index (χ2n) is 18.6. The first kappa shape index (κ1) is 51.1. The average Bonchev–Trinajstić information content (AvgIpc) is 3.94. The molecule has 3 heterocycles. The Labute approximate surface area is 408 Å². The summed E-state index contributed by atoms with van der Waals surface area (Å²) in [5, 5.41) is 9.69. The van der Waals surface area contributed by atoms with E-state index in [1.54, 1.807) is 11.3 Å². The number of nitrogens with zero attached hydrogens (tertiary/aromatic N) is 2. The number of benzene rings is 3. The molecule has 0 bridgehead atoms. The molecular weight excluding hydrogens is 841 g/mol. The Kier molecular flexibility index (Phi) is 20.6. The topological polar surface area (TPSA) is 55.9 Å². The van der Waals surface area contributed by atoms with E-state index >= 15 is 0 Å². The van der Waals surface area contributed by atoms with Crippen molar-refractivity contribution in [2.24, 2.45) is 5.92 Å². The van der Waals surface area contributed by atoms with Gasteiger partial charge in [-0.15, -0.1) is 11.3 Å². The van der Waals surface area contributed by atoms with Gasteiger partial charge < -0.3 is 18.6 Å². The van der Waals surface area contributed by atoms with Crippen LogP contribution in [0.3, 0.4) is 0 Å². The molecule has 1 unspecified atom stereocenters. The molecule has 5 nitrogen and oxygen atoms in total. The number of thiophene rings is 1. The molecule has 0 amide bonds. The van der Waals surface area contributed by atoms with Crippen LogP contribution in [-0.4, -0.2) is 24.2 Å². The summed E-state index contributed by atoms with van der Waals surface area (Å²) in [7, 11) is 0. The summed E-state index contributed by atoms with van der Waals surface area (Å²) in [4.78, 5) is 2.26. The van der Waals surface area contributed by atoms with Crippen LogP contribution in [-0.2, 0) is 6.42 Å². The normalized spacial score (nSPS) is 12.1. The van der Waals surface area contributed by atoms with Gasteiger partial charge in [-0.25, -0.2) is 0 Å². The number of fused-ring (bicyclic) bond motifs is 1. The number of pyridine rings is 1. The third kappa shape index (κ3) is 14.1. The lowest BCUT2D eigenvalue weighted by molar-refractivity contribution is 0.291. The fourth-order valence-corrected chi connectivity index (χ4v) is 10.2. The molecule has 0 radical (unpaired) electrons. The van der Waals surface area contributed by atoms with Crippen LogP contribution in [0.15, 0.2) is 96.7 Å².